The third-order valence-electron chi connectivity index (χ3n) is 2.86. The number of phenolic OH excluding ortho intramolecular Hbond substituents is 1. The van der Waals surface area contributed by atoms with Crippen molar-refractivity contribution in [2.24, 2.45) is 0 Å². The van der Waals surface area contributed by atoms with Gasteiger partial charge >= 0.3 is 0 Å². The fraction of sp³-hybridized carbons (Fsp3) is 0.455. The maximum atomic E-state index is 9.30. The molecule has 0 fully saturated rings. The van der Waals surface area contributed by atoms with Crippen LogP contribution in [-0.2, 0) is 0 Å². The Labute approximate surface area is 78.6 Å². The minimum Gasteiger partial charge on any atom is -0.508 e. The van der Waals surface area contributed by atoms with Crippen molar-refractivity contribution in [3.8, 4) is 5.75 Å². The Morgan fingerprint density at radius 3 is 2.92 bits per heavy atom. The highest BCUT2D eigenvalue weighted by Gasteiger charge is 2.27. The predicted octanol–water partition coefficient (Wildman–Crippen LogP) is 2.70. The molecule has 0 saturated heterocycles. The summed E-state index contributed by atoms with van der Waals surface area (Å²) in [4.78, 5) is 0. The first-order chi connectivity index (χ1) is 6.22. The molecule has 0 saturated carbocycles. The van der Waals surface area contributed by atoms with Gasteiger partial charge in [0, 0.05) is 23.7 Å². The number of hydrogen-bond acceptors (Lipinski definition) is 2. The number of anilines is 1. The van der Waals surface area contributed by atoms with Crippen molar-refractivity contribution in [3.05, 3.63) is 23.8 Å². The number of phenols is 1. The molecule has 0 bridgehead atoms. The van der Waals surface area contributed by atoms with Gasteiger partial charge in [0.2, 0.25) is 0 Å². The first kappa shape index (κ1) is 8.42. The van der Waals surface area contributed by atoms with Gasteiger partial charge in [0.05, 0.1) is 0 Å². The third kappa shape index (κ3) is 1.26. The molecule has 2 rings (SSSR count). The number of hydrogen-bond donors (Lipinski definition) is 2. The maximum Gasteiger partial charge on any atom is 0.117 e. The van der Waals surface area contributed by atoms with Gasteiger partial charge in [-0.3, -0.25) is 0 Å². The summed E-state index contributed by atoms with van der Waals surface area (Å²) in [7, 11) is 0. The van der Waals surface area contributed by atoms with Gasteiger partial charge < -0.3 is 10.4 Å². The monoisotopic (exact) mass is 177 g/mol. The lowest BCUT2D eigenvalue weighted by Gasteiger charge is -2.12. The number of nitrogens with one attached hydrogen (secondary N) is 1. The Kier molecular flexibility index (Phi) is 1.91. The lowest BCUT2D eigenvalue weighted by Crippen LogP contribution is -2.14. The second-order valence-corrected chi connectivity index (χ2v) is 3.72. The van der Waals surface area contributed by atoms with E-state index in [0.29, 0.717) is 17.7 Å². The van der Waals surface area contributed by atoms with E-state index in [1.807, 2.05) is 12.1 Å². The van der Waals surface area contributed by atoms with Gasteiger partial charge in [0.15, 0.2) is 0 Å². The molecular weight excluding hydrogens is 162 g/mol. The molecule has 0 amide bonds. The van der Waals surface area contributed by atoms with Gasteiger partial charge in [-0.15, -0.1) is 0 Å². The van der Waals surface area contributed by atoms with Crippen LogP contribution in [-0.4, -0.2) is 11.1 Å². The average Bonchev–Trinajstić information content (AvgIpc) is 2.39. The second-order valence-electron chi connectivity index (χ2n) is 3.72. The minimum absolute atomic E-state index is 0.343. The van der Waals surface area contributed by atoms with Crippen molar-refractivity contribution >= 4 is 5.69 Å². The van der Waals surface area contributed by atoms with Crippen molar-refractivity contribution in [3.63, 3.8) is 0 Å². The Hall–Kier alpha value is -1.18. The molecule has 0 aromatic heterocycles. The van der Waals surface area contributed by atoms with Crippen LogP contribution in [0.5, 0.6) is 5.75 Å². The molecule has 2 heteroatoms. The maximum absolute atomic E-state index is 9.30. The Balaban J connectivity index is 2.42. The van der Waals surface area contributed by atoms with Crippen LogP contribution < -0.4 is 5.32 Å². The number of fused-ring (bicyclic) bond motifs is 1. The highest BCUT2D eigenvalue weighted by Crippen LogP contribution is 2.39. The normalized spacial score (nSPS) is 25.4. The first-order valence-electron chi connectivity index (χ1n) is 4.82. The van der Waals surface area contributed by atoms with E-state index in [2.05, 4.69) is 19.2 Å². The molecule has 1 aromatic rings. The van der Waals surface area contributed by atoms with Crippen LogP contribution in [0.1, 0.15) is 31.7 Å². The average molecular weight is 177 g/mol. The second kappa shape index (κ2) is 2.95. The number of benzene rings is 1. The van der Waals surface area contributed by atoms with E-state index in [4.69, 9.17) is 0 Å². The molecule has 2 N–H and O–H groups in total. The summed E-state index contributed by atoms with van der Waals surface area (Å²) < 4.78 is 0. The zero-order chi connectivity index (χ0) is 9.42. The Bertz CT molecular complexity index is 322. The zero-order valence-corrected chi connectivity index (χ0v) is 8.04. The molecular formula is C11H15NO. The lowest BCUT2D eigenvalue weighted by molar-refractivity contribution is 0.475. The van der Waals surface area contributed by atoms with E-state index in [1.54, 1.807) is 6.07 Å². The summed E-state index contributed by atoms with van der Waals surface area (Å²) in [5.41, 5.74) is 2.44. The van der Waals surface area contributed by atoms with Crippen LogP contribution >= 0.6 is 0 Å². The van der Waals surface area contributed by atoms with Crippen LogP contribution in [0.4, 0.5) is 5.69 Å². The molecule has 2 atom stereocenters. The lowest BCUT2D eigenvalue weighted by atomic mass is 9.94. The predicted molar refractivity (Wildman–Crippen MR) is 54.2 cm³/mol. The van der Waals surface area contributed by atoms with Gasteiger partial charge in [-0.2, -0.15) is 0 Å². The molecule has 2 nitrogen and oxygen atoms in total. The van der Waals surface area contributed by atoms with E-state index >= 15 is 0 Å². The number of rotatable bonds is 1. The molecule has 1 aliphatic rings. The van der Waals surface area contributed by atoms with Gasteiger partial charge in [-0.1, -0.05) is 13.0 Å². The van der Waals surface area contributed by atoms with Crippen molar-refractivity contribution in [1.82, 2.24) is 0 Å². The summed E-state index contributed by atoms with van der Waals surface area (Å²) in [6.45, 7) is 4.38. The third-order valence-corrected chi connectivity index (χ3v) is 2.86. The van der Waals surface area contributed by atoms with Crippen LogP contribution in [0.3, 0.4) is 0 Å². The van der Waals surface area contributed by atoms with Crippen molar-refractivity contribution in [2.45, 2.75) is 32.2 Å². The van der Waals surface area contributed by atoms with Crippen LogP contribution in [0.2, 0.25) is 0 Å². The summed E-state index contributed by atoms with van der Waals surface area (Å²) in [6, 6.07) is 6.08. The smallest absolute Gasteiger partial charge is 0.117 e. The quantitative estimate of drug-likeness (QED) is 0.691. The van der Waals surface area contributed by atoms with Gasteiger partial charge in [-0.25, -0.2) is 0 Å². The first-order valence-corrected chi connectivity index (χ1v) is 4.82. The fourth-order valence-corrected chi connectivity index (χ4v) is 2.18. The molecule has 0 spiro atoms. The fourth-order valence-electron chi connectivity index (χ4n) is 2.18. The number of aromatic hydroxyl groups is 1. The van der Waals surface area contributed by atoms with Crippen LogP contribution in [0.15, 0.2) is 18.2 Å². The Morgan fingerprint density at radius 1 is 1.46 bits per heavy atom. The largest absolute Gasteiger partial charge is 0.508 e. The van der Waals surface area contributed by atoms with Crippen molar-refractivity contribution < 1.29 is 5.11 Å². The van der Waals surface area contributed by atoms with E-state index in [-0.39, 0.29) is 0 Å². The summed E-state index contributed by atoms with van der Waals surface area (Å²) in [5, 5.41) is 12.7. The highest BCUT2D eigenvalue weighted by molar-refractivity contribution is 5.61. The summed E-state index contributed by atoms with van der Waals surface area (Å²) in [6.07, 6.45) is 1.14. The Morgan fingerprint density at radius 2 is 2.23 bits per heavy atom. The molecule has 0 radical (unpaired) electrons. The molecule has 0 aliphatic carbocycles. The molecule has 70 valence electrons. The van der Waals surface area contributed by atoms with E-state index in [9.17, 15) is 5.11 Å². The SMILES string of the molecule is CCC1c2ccc(O)cc2NC1C. The molecule has 1 heterocycles. The van der Waals surface area contributed by atoms with Crippen LogP contribution in [0, 0.1) is 0 Å². The van der Waals surface area contributed by atoms with Crippen molar-refractivity contribution in [1.29, 1.82) is 0 Å². The van der Waals surface area contributed by atoms with Gasteiger partial charge in [-0.05, 0) is 25.0 Å². The zero-order valence-electron chi connectivity index (χ0n) is 8.04. The standard InChI is InChI=1S/C11H15NO/c1-3-9-7(2)12-11-6-8(13)4-5-10(9)11/h4-7,9,12-13H,3H2,1-2H3. The molecule has 1 aromatic carbocycles. The summed E-state index contributed by atoms with van der Waals surface area (Å²) >= 11 is 0. The van der Waals surface area contributed by atoms with E-state index < -0.39 is 0 Å². The van der Waals surface area contributed by atoms with Crippen LogP contribution in [0.25, 0.3) is 0 Å². The summed E-state index contributed by atoms with van der Waals surface area (Å²) in [5.74, 6) is 0.936. The van der Waals surface area contributed by atoms with Gasteiger partial charge in [0.1, 0.15) is 5.75 Å². The van der Waals surface area contributed by atoms with E-state index in [0.717, 1.165) is 12.1 Å². The minimum atomic E-state index is 0.343. The molecule has 13 heavy (non-hydrogen) atoms. The van der Waals surface area contributed by atoms with Gasteiger partial charge in [0.25, 0.3) is 0 Å². The molecule has 2 unspecified atom stereocenters. The van der Waals surface area contributed by atoms with E-state index in [1.165, 1.54) is 5.56 Å². The van der Waals surface area contributed by atoms with Crippen molar-refractivity contribution in [2.75, 3.05) is 5.32 Å². The topological polar surface area (TPSA) is 32.3 Å². The molecule has 1 aliphatic heterocycles. The highest BCUT2D eigenvalue weighted by atomic mass is 16.3.